The number of rotatable bonds is 5. The maximum Gasteiger partial charge on any atom is 0.336 e. The quantitative estimate of drug-likeness (QED) is 0.426. The molecule has 0 saturated carbocycles. The van der Waals surface area contributed by atoms with Crippen molar-refractivity contribution >= 4 is 22.1 Å². The molecule has 0 unspecified atom stereocenters. The topological polar surface area (TPSA) is 87.5 Å². The number of sulfonamides is 1. The average molecular weight is 410 g/mol. The molecule has 0 aliphatic carbocycles. The number of esters is 1. The Balaban J connectivity index is 1.63. The van der Waals surface area contributed by atoms with Crippen LogP contribution in [0, 0.1) is 11.3 Å². The first-order valence-corrected chi connectivity index (χ1v) is 10.9. The first-order chi connectivity index (χ1) is 14.0. The average Bonchev–Trinajstić information content (AvgIpc) is 3.03. The van der Waals surface area contributed by atoms with E-state index in [0.29, 0.717) is 30.0 Å². The van der Waals surface area contributed by atoms with Crippen molar-refractivity contribution in [1.82, 2.24) is 4.31 Å². The van der Waals surface area contributed by atoms with Gasteiger partial charge in [-0.3, -0.25) is 0 Å². The Bertz CT molecular complexity index is 1010. The number of nitriles is 1. The molecule has 2 aromatic rings. The van der Waals surface area contributed by atoms with Crippen LogP contribution in [0.2, 0.25) is 0 Å². The summed E-state index contributed by atoms with van der Waals surface area (Å²) in [6.07, 6.45) is 6.75. The lowest BCUT2D eigenvalue weighted by Gasteiger charge is -2.19. The molecule has 3 rings (SSSR count). The van der Waals surface area contributed by atoms with Crippen LogP contribution in [0.5, 0.6) is 5.75 Å². The van der Waals surface area contributed by atoms with E-state index in [9.17, 15) is 13.2 Å². The Morgan fingerprint density at radius 3 is 2.17 bits per heavy atom. The monoisotopic (exact) mass is 410 g/mol. The fourth-order valence-corrected chi connectivity index (χ4v) is 4.61. The number of benzene rings is 2. The summed E-state index contributed by atoms with van der Waals surface area (Å²) in [6, 6.07) is 14.7. The van der Waals surface area contributed by atoms with Gasteiger partial charge in [0.15, 0.2) is 0 Å². The van der Waals surface area contributed by atoms with E-state index in [1.54, 1.807) is 58.9 Å². The standard InChI is InChI=1S/C22H22N2O4S/c23-17-19-5-10-20(11-6-19)28-22(25)14-9-18-7-12-21(13-8-18)29(26,27)24-15-3-1-2-4-16-24/h5-14H,1-4,15-16H2/b14-9+. The second kappa shape index (κ2) is 9.50. The van der Waals surface area contributed by atoms with Crippen LogP contribution in [0.15, 0.2) is 59.5 Å². The van der Waals surface area contributed by atoms with E-state index >= 15 is 0 Å². The summed E-state index contributed by atoms with van der Waals surface area (Å²) in [5.74, 6) is -0.214. The van der Waals surface area contributed by atoms with Crippen molar-refractivity contribution in [2.75, 3.05) is 13.1 Å². The van der Waals surface area contributed by atoms with Crippen LogP contribution in [0.1, 0.15) is 36.8 Å². The fourth-order valence-electron chi connectivity index (χ4n) is 3.09. The molecule has 0 bridgehead atoms. The Hall–Kier alpha value is -2.95. The smallest absolute Gasteiger partial charge is 0.336 e. The number of carbonyl (C=O) groups excluding carboxylic acids is 1. The third-order valence-corrected chi connectivity index (χ3v) is 6.61. The zero-order valence-corrected chi connectivity index (χ0v) is 16.8. The van der Waals surface area contributed by atoms with Crippen LogP contribution < -0.4 is 4.74 Å². The molecule has 7 heteroatoms. The number of hydrogen-bond donors (Lipinski definition) is 0. The predicted molar refractivity (Wildman–Crippen MR) is 109 cm³/mol. The Labute approximate surface area is 171 Å². The van der Waals surface area contributed by atoms with Crippen LogP contribution >= 0.6 is 0 Å². The summed E-state index contributed by atoms with van der Waals surface area (Å²) in [5, 5.41) is 8.77. The van der Waals surface area contributed by atoms with Gasteiger partial charge in [-0.2, -0.15) is 9.57 Å². The lowest BCUT2D eigenvalue weighted by Crippen LogP contribution is -2.31. The molecule has 0 atom stereocenters. The largest absolute Gasteiger partial charge is 0.423 e. The molecule has 0 aromatic heterocycles. The molecule has 0 spiro atoms. The zero-order chi connectivity index (χ0) is 20.7. The first-order valence-electron chi connectivity index (χ1n) is 9.49. The maximum absolute atomic E-state index is 12.8. The van der Waals surface area contributed by atoms with Crippen molar-refractivity contribution in [3.8, 4) is 11.8 Å². The SMILES string of the molecule is N#Cc1ccc(OC(=O)/C=C/c2ccc(S(=O)(=O)N3CCCCCC3)cc2)cc1. The molecule has 6 nitrogen and oxygen atoms in total. The number of carbonyl (C=O) groups is 1. The van der Waals surface area contributed by atoms with E-state index < -0.39 is 16.0 Å². The van der Waals surface area contributed by atoms with E-state index in [0.717, 1.165) is 25.7 Å². The molecule has 0 amide bonds. The summed E-state index contributed by atoms with van der Waals surface area (Å²) < 4.78 is 32.3. The second-order valence-corrected chi connectivity index (χ2v) is 8.72. The minimum atomic E-state index is -3.49. The van der Waals surface area contributed by atoms with Gasteiger partial charge in [0, 0.05) is 19.2 Å². The first kappa shape index (κ1) is 20.8. The van der Waals surface area contributed by atoms with Crippen LogP contribution in [0.25, 0.3) is 6.08 Å². The van der Waals surface area contributed by atoms with Crippen molar-refractivity contribution in [3.05, 3.63) is 65.7 Å². The molecule has 2 aromatic carbocycles. The normalized spacial score (nSPS) is 15.6. The van der Waals surface area contributed by atoms with Gasteiger partial charge in [0.2, 0.25) is 10.0 Å². The van der Waals surface area contributed by atoms with Crippen LogP contribution in [0.3, 0.4) is 0 Å². The molecule has 0 N–H and O–H groups in total. The minimum absolute atomic E-state index is 0.261. The number of ether oxygens (including phenoxy) is 1. The highest BCUT2D eigenvalue weighted by Crippen LogP contribution is 2.21. The highest BCUT2D eigenvalue weighted by atomic mass is 32.2. The van der Waals surface area contributed by atoms with Gasteiger partial charge >= 0.3 is 5.97 Å². The summed E-state index contributed by atoms with van der Waals surface area (Å²) in [6.45, 7) is 1.12. The van der Waals surface area contributed by atoms with Gasteiger partial charge in [-0.1, -0.05) is 25.0 Å². The van der Waals surface area contributed by atoms with Gasteiger partial charge in [-0.05, 0) is 60.9 Å². The molecular weight excluding hydrogens is 388 g/mol. The van der Waals surface area contributed by atoms with E-state index in [1.807, 2.05) is 6.07 Å². The molecule has 29 heavy (non-hydrogen) atoms. The van der Waals surface area contributed by atoms with Gasteiger partial charge in [-0.15, -0.1) is 0 Å². The van der Waals surface area contributed by atoms with Gasteiger partial charge in [0.05, 0.1) is 16.5 Å². The van der Waals surface area contributed by atoms with Crippen molar-refractivity contribution in [3.63, 3.8) is 0 Å². The highest BCUT2D eigenvalue weighted by molar-refractivity contribution is 7.89. The molecular formula is C22H22N2O4S. The third-order valence-electron chi connectivity index (χ3n) is 4.70. The molecule has 1 aliphatic rings. The highest BCUT2D eigenvalue weighted by Gasteiger charge is 2.24. The maximum atomic E-state index is 12.8. The number of hydrogen-bond acceptors (Lipinski definition) is 5. The Kier molecular flexibility index (Phi) is 6.81. The summed E-state index contributed by atoms with van der Waals surface area (Å²) in [5.41, 5.74) is 1.17. The summed E-state index contributed by atoms with van der Waals surface area (Å²) in [4.78, 5) is 12.2. The lowest BCUT2D eigenvalue weighted by molar-refractivity contribution is -0.128. The Morgan fingerprint density at radius 2 is 1.59 bits per heavy atom. The lowest BCUT2D eigenvalue weighted by atomic mass is 10.2. The van der Waals surface area contributed by atoms with Crippen LogP contribution in [0.4, 0.5) is 0 Å². The van der Waals surface area contributed by atoms with Crippen molar-refractivity contribution in [2.45, 2.75) is 30.6 Å². The van der Waals surface area contributed by atoms with Gasteiger partial charge in [0.25, 0.3) is 0 Å². The number of nitrogens with zero attached hydrogens (tertiary/aromatic N) is 2. The second-order valence-electron chi connectivity index (χ2n) is 6.78. The van der Waals surface area contributed by atoms with Crippen molar-refractivity contribution < 1.29 is 17.9 Å². The van der Waals surface area contributed by atoms with E-state index in [4.69, 9.17) is 10.00 Å². The van der Waals surface area contributed by atoms with Gasteiger partial charge in [-0.25, -0.2) is 13.2 Å². The molecule has 1 saturated heterocycles. The van der Waals surface area contributed by atoms with Crippen molar-refractivity contribution in [2.24, 2.45) is 0 Å². The minimum Gasteiger partial charge on any atom is -0.423 e. The van der Waals surface area contributed by atoms with Crippen LogP contribution in [-0.2, 0) is 14.8 Å². The van der Waals surface area contributed by atoms with Gasteiger partial charge in [0.1, 0.15) is 5.75 Å². The van der Waals surface area contributed by atoms with E-state index in [1.165, 1.54) is 6.08 Å². The Morgan fingerprint density at radius 1 is 0.966 bits per heavy atom. The summed E-state index contributed by atoms with van der Waals surface area (Å²) >= 11 is 0. The molecule has 1 heterocycles. The predicted octanol–water partition coefficient (Wildman–Crippen LogP) is 3.74. The molecule has 1 aliphatic heterocycles. The third kappa shape index (κ3) is 5.53. The van der Waals surface area contributed by atoms with Crippen LogP contribution in [-0.4, -0.2) is 31.8 Å². The zero-order valence-electron chi connectivity index (χ0n) is 16.0. The van der Waals surface area contributed by atoms with Gasteiger partial charge < -0.3 is 4.74 Å². The summed E-state index contributed by atoms with van der Waals surface area (Å²) in [7, 11) is -3.49. The molecule has 150 valence electrons. The molecule has 1 fully saturated rings. The fraction of sp³-hybridized carbons (Fsp3) is 0.273. The van der Waals surface area contributed by atoms with Crippen molar-refractivity contribution in [1.29, 1.82) is 5.26 Å². The van der Waals surface area contributed by atoms with E-state index in [-0.39, 0.29) is 4.90 Å². The van der Waals surface area contributed by atoms with E-state index in [2.05, 4.69) is 0 Å². The molecule has 0 radical (unpaired) electrons.